The highest BCUT2D eigenvalue weighted by molar-refractivity contribution is 7.26. The van der Waals surface area contributed by atoms with Gasteiger partial charge < -0.3 is 9.47 Å². The smallest absolute Gasteiger partial charge is 0.0640 e. The van der Waals surface area contributed by atoms with E-state index in [9.17, 15) is 0 Å². The fraction of sp³-hybridized carbons (Fsp3) is 0. The first-order valence-electron chi connectivity index (χ1n) is 15.3. The molecule has 0 atom stereocenters. The summed E-state index contributed by atoms with van der Waals surface area (Å²) >= 11 is 1.86. The molecule has 0 aliphatic carbocycles. The van der Waals surface area contributed by atoms with Crippen molar-refractivity contribution in [3.63, 3.8) is 0 Å². The lowest BCUT2D eigenvalue weighted by Gasteiger charge is -2.26. The summed E-state index contributed by atoms with van der Waals surface area (Å²) in [6, 6.07) is 61.3. The van der Waals surface area contributed by atoms with Crippen molar-refractivity contribution in [3.8, 4) is 16.8 Å². The molecule has 0 aliphatic heterocycles. The third-order valence-corrected chi connectivity index (χ3v) is 10.00. The summed E-state index contributed by atoms with van der Waals surface area (Å²) in [5, 5.41) is 5.15. The van der Waals surface area contributed by atoms with Gasteiger partial charge in [0.15, 0.2) is 0 Å². The van der Waals surface area contributed by atoms with Gasteiger partial charge in [-0.3, -0.25) is 0 Å². The van der Waals surface area contributed by atoms with Crippen LogP contribution in [0, 0.1) is 0 Å². The fourth-order valence-corrected chi connectivity index (χ4v) is 8.02. The van der Waals surface area contributed by atoms with Crippen molar-refractivity contribution < 1.29 is 0 Å². The molecule has 0 bridgehead atoms. The lowest BCUT2D eigenvalue weighted by molar-refractivity contribution is 1.18. The van der Waals surface area contributed by atoms with Gasteiger partial charge in [0.05, 0.1) is 21.4 Å². The quantitative estimate of drug-likeness (QED) is 0.193. The average Bonchev–Trinajstić information content (AvgIpc) is 3.66. The Kier molecular flexibility index (Phi) is 6.03. The number of thiophene rings is 1. The van der Waals surface area contributed by atoms with Crippen LogP contribution in [-0.4, -0.2) is 4.57 Å². The topological polar surface area (TPSA) is 8.17 Å². The van der Waals surface area contributed by atoms with E-state index in [1.807, 2.05) is 11.3 Å². The molecule has 3 heteroatoms. The van der Waals surface area contributed by atoms with Gasteiger partial charge in [0.2, 0.25) is 0 Å². The molecule has 0 unspecified atom stereocenters. The fourth-order valence-electron chi connectivity index (χ4n) is 6.82. The van der Waals surface area contributed by atoms with E-state index in [-0.39, 0.29) is 0 Å². The van der Waals surface area contributed by atoms with Gasteiger partial charge in [0.1, 0.15) is 0 Å². The zero-order chi connectivity index (χ0) is 29.7. The van der Waals surface area contributed by atoms with Crippen LogP contribution < -0.4 is 4.90 Å². The summed E-state index contributed by atoms with van der Waals surface area (Å²) in [7, 11) is 0. The maximum Gasteiger partial charge on any atom is 0.0640 e. The standard InChI is InChI=1S/C42H28N2S/c1-3-13-30(14-4-1)43(39-23-12-20-35-34-17-8-10-24-40(34)45-42(35)39)32-27-25-29(26-28-32)33-19-11-22-38-41(33)36-18-7-9-21-37(36)44(38)31-15-5-2-6-16-31/h1-28H. The van der Waals surface area contributed by atoms with E-state index in [0.29, 0.717) is 0 Å². The summed E-state index contributed by atoms with van der Waals surface area (Å²) in [6.45, 7) is 0. The minimum absolute atomic E-state index is 1.13. The van der Waals surface area contributed by atoms with Crippen LogP contribution in [-0.2, 0) is 0 Å². The average molecular weight is 593 g/mol. The molecule has 2 heterocycles. The number of benzene rings is 7. The van der Waals surface area contributed by atoms with Crippen LogP contribution in [0.4, 0.5) is 17.1 Å². The molecule has 0 fully saturated rings. The molecule has 2 aromatic heterocycles. The summed E-state index contributed by atoms with van der Waals surface area (Å²) in [5.41, 5.74) is 9.51. The zero-order valence-corrected chi connectivity index (χ0v) is 25.3. The molecule has 2 nitrogen and oxygen atoms in total. The van der Waals surface area contributed by atoms with Crippen molar-refractivity contribution in [2.24, 2.45) is 0 Å². The van der Waals surface area contributed by atoms with Crippen LogP contribution in [0.25, 0.3) is 58.8 Å². The van der Waals surface area contributed by atoms with Gasteiger partial charge in [0.25, 0.3) is 0 Å². The first-order valence-corrected chi connectivity index (χ1v) is 16.1. The van der Waals surface area contributed by atoms with Gasteiger partial charge in [-0.05, 0) is 71.8 Å². The van der Waals surface area contributed by atoms with Crippen molar-refractivity contribution in [3.05, 3.63) is 170 Å². The van der Waals surface area contributed by atoms with Gasteiger partial charge in [-0.1, -0.05) is 109 Å². The molecule has 9 rings (SSSR count). The number of para-hydroxylation sites is 3. The molecule has 7 aromatic carbocycles. The number of rotatable bonds is 5. The summed E-state index contributed by atoms with van der Waals surface area (Å²) in [4.78, 5) is 2.39. The normalized spacial score (nSPS) is 11.6. The van der Waals surface area contributed by atoms with Crippen molar-refractivity contribution in [1.29, 1.82) is 0 Å². The van der Waals surface area contributed by atoms with Crippen molar-refractivity contribution in [2.45, 2.75) is 0 Å². The minimum atomic E-state index is 1.13. The molecule has 45 heavy (non-hydrogen) atoms. The Bertz CT molecular complexity index is 2470. The third kappa shape index (κ3) is 4.16. The molecule has 9 aromatic rings. The van der Waals surface area contributed by atoms with Crippen molar-refractivity contribution in [1.82, 2.24) is 4.57 Å². The van der Waals surface area contributed by atoms with Crippen LogP contribution in [0.15, 0.2) is 170 Å². The van der Waals surface area contributed by atoms with E-state index in [1.54, 1.807) is 0 Å². The Balaban J connectivity index is 1.22. The van der Waals surface area contributed by atoms with Gasteiger partial charge in [-0.15, -0.1) is 11.3 Å². The molecule has 0 radical (unpaired) electrons. The predicted molar refractivity (Wildman–Crippen MR) is 194 cm³/mol. The minimum Gasteiger partial charge on any atom is -0.309 e. The Labute approximate surface area is 265 Å². The second kappa shape index (κ2) is 10.5. The van der Waals surface area contributed by atoms with Gasteiger partial charge >= 0.3 is 0 Å². The summed E-state index contributed by atoms with van der Waals surface area (Å²) < 4.78 is 4.99. The van der Waals surface area contributed by atoms with Crippen LogP contribution in [0.3, 0.4) is 0 Å². The van der Waals surface area contributed by atoms with E-state index in [1.165, 1.54) is 64.5 Å². The van der Waals surface area contributed by atoms with E-state index in [4.69, 9.17) is 0 Å². The van der Waals surface area contributed by atoms with Gasteiger partial charge in [-0.25, -0.2) is 0 Å². The van der Waals surface area contributed by atoms with Gasteiger partial charge in [0, 0.05) is 43.3 Å². The van der Waals surface area contributed by atoms with Crippen molar-refractivity contribution >= 4 is 70.4 Å². The summed E-state index contributed by atoms with van der Waals surface area (Å²) in [5.74, 6) is 0. The maximum absolute atomic E-state index is 2.39. The van der Waals surface area contributed by atoms with Crippen molar-refractivity contribution in [2.75, 3.05) is 4.90 Å². The molecule has 0 amide bonds. The van der Waals surface area contributed by atoms with Crippen LogP contribution >= 0.6 is 11.3 Å². The van der Waals surface area contributed by atoms with Crippen LogP contribution in [0.1, 0.15) is 0 Å². The van der Waals surface area contributed by atoms with E-state index in [0.717, 1.165) is 11.4 Å². The number of hydrogen-bond acceptors (Lipinski definition) is 2. The van der Waals surface area contributed by atoms with E-state index >= 15 is 0 Å². The number of aromatic nitrogens is 1. The molecular weight excluding hydrogens is 565 g/mol. The highest BCUT2D eigenvalue weighted by Gasteiger charge is 2.19. The second-order valence-electron chi connectivity index (χ2n) is 11.4. The first-order chi connectivity index (χ1) is 22.3. The molecule has 0 saturated heterocycles. The Morgan fingerprint density at radius 2 is 1.07 bits per heavy atom. The van der Waals surface area contributed by atoms with E-state index in [2.05, 4.69) is 179 Å². The molecular formula is C42H28N2S. The SMILES string of the molecule is c1ccc(N(c2ccc(-c3cccc4c3c3ccccc3n4-c3ccccc3)cc2)c2cccc3c2sc2ccccc23)cc1. The molecule has 0 aliphatic rings. The monoisotopic (exact) mass is 592 g/mol. The largest absolute Gasteiger partial charge is 0.309 e. The third-order valence-electron chi connectivity index (χ3n) is 8.79. The number of nitrogens with zero attached hydrogens (tertiary/aromatic N) is 2. The zero-order valence-electron chi connectivity index (χ0n) is 24.5. The molecule has 0 spiro atoms. The highest BCUT2D eigenvalue weighted by Crippen LogP contribution is 2.45. The number of fused-ring (bicyclic) bond motifs is 6. The Hall–Kier alpha value is -5.64. The molecule has 212 valence electrons. The molecule has 0 saturated carbocycles. The lowest BCUT2D eigenvalue weighted by Crippen LogP contribution is -2.09. The number of anilines is 3. The number of hydrogen-bond donors (Lipinski definition) is 0. The Morgan fingerprint density at radius 3 is 1.89 bits per heavy atom. The Morgan fingerprint density at radius 1 is 0.444 bits per heavy atom. The maximum atomic E-state index is 2.39. The highest BCUT2D eigenvalue weighted by atomic mass is 32.1. The van der Waals surface area contributed by atoms with E-state index < -0.39 is 0 Å². The second-order valence-corrected chi connectivity index (χ2v) is 12.4. The lowest BCUT2D eigenvalue weighted by atomic mass is 9.99. The van der Waals surface area contributed by atoms with Gasteiger partial charge in [-0.2, -0.15) is 0 Å². The first kappa shape index (κ1) is 25.8. The predicted octanol–water partition coefficient (Wildman–Crippen LogP) is 12.3. The molecule has 0 N–H and O–H groups in total. The van der Waals surface area contributed by atoms with Crippen LogP contribution in [0.2, 0.25) is 0 Å². The van der Waals surface area contributed by atoms with Crippen LogP contribution in [0.5, 0.6) is 0 Å². The summed E-state index contributed by atoms with van der Waals surface area (Å²) in [6.07, 6.45) is 0.